The van der Waals surface area contributed by atoms with Gasteiger partial charge in [0.05, 0.1) is 10.0 Å². The van der Waals surface area contributed by atoms with Gasteiger partial charge in [-0.25, -0.2) is 0 Å². The normalized spacial score (nSPS) is 11.9. The molecule has 24 aromatic rings. The van der Waals surface area contributed by atoms with Gasteiger partial charge in [-0.1, -0.05) is 186 Å². The first-order chi connectivity index (χ1) is 53.1. The number of rotatable bonds is 4. The molecular formula is C96H52Cl4O5S3. The Labute approximate surface area is 647 Å². The van der Waals surface area contributed by atoms with Gasteiger partial charge >= 0.3 is 0 Å². The third-order valence-corrected chi connectivity index (χ3v) is 25.1. The number of para-hydroxylation sites is 2. The molecule has 0 atom stereocenters. The average Bonchev–Trinajstić information content (AvgIpc) is 1.61. The van der Waals surface area contributed by atoms with Gasteiger partial charge in [0.15, 0.2) is 5.58 Å². The van der Waals surface area contributed by atoms with Crippen LogP contribution in [0.25, 0.3) is 215 Å². The van der Waals surface area contributed by atoms with Gasteiger partial charge in [-0.15, -0.1) is 34.0 Å². The molecular weight excluding hydrogens is 1470 g/mol. The van der Waals surface area contributed by atoms with Crippen molar-refractivity contribution in [1.29, 1.82) is 0 Å². The molecule has 8 aromatic heterocycles. The Morgan fingerprint density at radius 2 is 0.454 bits per heavy atom. The first kappa shape index (κ1) is 64.7. The molecule has 0 unspecified atom stereocenters. The summed E-state index contributed by atoms with van der Waals surface area (Å²) in [7, 11) is 0. The third kappa shape index (κ3) is 11.2. The van der Waals surface area contributed by atoms with Crippen molar-refractivity contribution in [3.05, 3.63) is 336 Å². The van der Waals surface area contributed by atoms with E-state index in [2.05, 4.69) is 206 Å². The van der Waals surface area contributed by atoms with Crippen molar-refractivity contribution in [2.45, 2.75) is 0 Å². The van der Waals surface area contributed by atoms with Gasteiger partial charge in [0, 0.05) is 124 Å². The molecule has 0 aliphatic heterocycles. The second-order valence-corrected chi connectivity index (χ2v) is 31.9. The second kappa shape index (κ2) is 26.1. The van der Waals surface area contributed by atoms with Crippen LogP contribution in [-0.2, 0) is 0 Å². The van der Waals surface area contributed by atoms with Gasteiger partial charge in [0.2, 0.25) is 0 Å². The average molecular weight is 1520 g/mol. The van der Waals surface area contributed by atoms with Gasteiger partial charge in [0.25, 0.3) is 0 Å². The van der Waals surface area contributed by atoms with E-state index in [4.69, 9.17) is 68.5 Å². The zero-order valence-corrected chi connectivity index (χ0v) is 62.3. The number of hydrogen-bond donors (Lipinski definition) is 0. The number of hydrogen-bond acceptors (Lipinski definition) is 8. The first-order valence-corrected chi connectivity index (χ1v) is 39.2. The highest BCUT2D eigenvalue weighted by Crippen LogP contribution is 2.45. The number of furan rings is 5. The van der Waals surface area contributed by atoms with Gasteiger partial charge in [-0.3, -0.25) is 0 Å². The van der Waals surface area contributed by atoms with E-state index in [0.717, 1.165) is 131 Å². The molecule has 0 fully saturated rings. The summed E-state index contributed by atoms with van der Waals surface area (Å²) in [5.41, 5.74) is 18.0. The predicted molar refractivity (Wildman–Crippen MR) is 463 cm³/mol. The molecule has 24 rings (SSSR count). The molecule has 0 saturated carbocycles. The Kier molecular flexibility index (Phi) is 15.6. The van der Waals surface area contributed by atoms with Crippen molar-refractivity contribution >= 4 is 251 Å². The first-order valence-electron chi connectivity index (χ1n) is 35.2. The summed E-state index contributed by atoms with van der Waals surface area (Å²) < 4.78 is 37.7. The second-order valence-electron chi connectivity index (χ2n) is 27.0. The lowest BCUT2D eigenvalue weighted by molar-refractivity contribution is 0.668. The molecule has 5 nitrogen and oxygen atoms in total. The number of fused-ring (bicyclic) bond motifs is 24. The van der Waals surface area contributed by atoms with Crippen LogP contribution in [0.1, 0.15) is 0 Å². The van der Waals surface area contributed by atoms with E-state index in [1.807, 2.05) is 143 Å². The Balaban J connectivity index is 0.0000000919. The third-order valence-electron chi connectivity index (χ3n) is 20.6. The Hall–Kier alpha value is -11.7. The van der Waals surface area contributed by atoms with Crippen molar-refractivity contribution < 1.29 is 22.1 Å². The van der Waals surface area contributed by atoms with Crippen molar-refractivity contribution in [3.8, 4) is 44.5 Å². The molecule has 12 heteroatoms. The number of benzene rings is 16. The summed E-state index contributed by atoms with van der Waals surface area (Å²) in [5, 5.41) is 21.4. The van der Waals surface area contributed by atoms with Crippen LogP contribution in [0.5, 0.6) is 0 Å². The minimum Gasteiger partial charge on any atom is -0.456 e. The Morgan fingerprint density at radius 3 is 0.907 bits per heavy atom. The fraction of sp³-hybridized carbons (Fsp3) is 0. The summed E-state index contributed by atoms with van der Waals surface area (Å²) in [4.78, 5) is 0. The minimum atomic E-state index is 0.649. The molecule has 512 valence electrons. The van der Waals surface area contributed by atoms with Crippen LogP contribution < -0.4 is 0 Å². The summed E-state index contributed by atoms with van der Waals surface area (Å²) in [6.07, 6.45) is 0. The number of thiophene rings is 3. The topological polar surface area (TPSA) is 65.7 Å². The number of halogens is 4. The van der Waals surface area contributed by atoms with Gasteiger partial charge in [-0.05, 0) is 220 Å². The van der Waals surface area contributed by atoms with E-state index in [-0.39, 0.29) is 0 Å². The van der Waals surface area contributed by atoms with Gasteiger partial charge in [-0.2, -0.15) is 0 Å². The molecule has 0 radical (unpaired) electrons. The molecule has 0 spiro atoms. The molecule has 0 bridgehead atoms. The molecule has 16 aromatic carbocycles. The highest BCUT2D eigenvalue weighted by atomic mass is 35.5. The van der Waals surface area contributed by atoms with E-state index in [0.29, 0.717) is 10.0 Å². The zero-order chi connectivity index (χ0) is 71.8. The molecule has 0 aliphatic rings. The van der Waals surface area contributed by atoms with E-state index in [1.54, 1.807) is 0 Å². The molecule has 8 heterocycles. The lowest BCUT2D eigenvalue weighted by atomic mass is 10.0. The van der Waals surface area contributed by atoms with Crippen LogP contribution in [0.15, 0.2) is 338 Å². The molecule has 0 aliphatic carbocycles. The highest BCUT2D eigenvalue weighted by Gasteiger charge is 2.18. The molecule has 0 N–H and O–H groups in total. The smallest absolute Gasteiger partial charge is 0.153 e. The minimum absolute atomic E-state index is 0.649. The van der Waals surface area contributed by atoms with Crippen LogP contribution in [0.2, 0.25) is 20.1 Å². The maximum atomic E-state index is 6.45. The lowest BCUT2D eigenvalue weighted by Gasteiger charge is -2.03. The quantitative estimate of drug-likeness (QED) is 0.176. The van der Waals surface area contributed by atoms with Gasteiger partial charge in [0.1, 0.15) is 50.2 Å². The van der Waals surface area contributed by atoms with E-state index in [1.165, 1.54) is 93.9 Å². The van der Waals surface area contributed by atoms with E-state index < -0.39 is 0 Å². The SMILES string of the molecule is Clc1ccc2oc3ccc(-c4ccc5oc6ccccc6c5c4)cc3c2c1.Clc1ccc2oc3ccc(-c4ccc5sc6ccccc6c5c4)cc3c2c1.Clc1cccc2c1oc1ccc(-c3ccc4sc5ccccc5c4c3)cc12.Clc1cccc2oc3ccc(-c4ccc5sc6ccccc6c5c4)cc3c12. The summed E-state index contributed by atoms with van der Waals surface area (Å²) in [5.74, 6) is 0. The van der Waals surface area contributed by atoms with Crippen molar-refractivity contribution in [2.24, 2.45) is 0 Å². The standard InChI is InChI=1S/C24H13ClO2.3C24H13ClOS/c25-16-7-10-24-20(13-16)19-12-15(6-9-23(19)27-24)14-5-8-22-18(11-14)17-3-1-2-4-21(17)26-22;25-19-5-3-6-21-24(19)18-13-14(8-10-20(18)26-21)15-9-11-23-17(12-15)16-4-1-2-7-22(16)27-23;25-20-6-3-5-17-18-12-14(8-10-21(18)26-24(17)20)15-9-11-23-19(13-15)16-4-1-2-7-22(16)27-23;25-16-7-9-22-19(13-16)18-11-14(5-8-21(18)26-22)15-6-10-24-20(12-15)17-3-1-2-4-23(17)27-24/h4*1-13H. The maximum absolute atomic E-state index is 6.45. The maximum Gasteiger partial charge on any atom is 0.153 e. The molecule has 0 saturated heterocycles. The van der Waals surface area contributed by atoms with Gasteiger partial charge < -0.3 is 22.1 Å². The highest BCUT2D eigenvalue weighted by molar-refractivity contribution is 7.26. The Morgan fingerprint density at radius 1 is 0.176 bits per heavy atom. The van der Waals surface area contributed by atoms with Crippen LogP contribution in [0.4, 0.5) is 0 Å². The summed E-state index contributed by atoms with van der Waals surface area (Å²) >= 11 is 30.7. The van der Waals surface area contributed by atoms with Crippen LogP contribution in [0, 0.1) is 0 Å². The lowest BCUT2D eigenvalue weighted by Crippen LogP contribution is -1.78. The molecule has 0 amide bonds. The van der Waals surface area contributed by atoms with Crippen molar-refractivity contribution in [3.63, 3.8) is 0 Å². The predicted octanol–water partition coefficient (Wildman–Crippen LogP) is 32.6. The fourth-order valence-electron chi connectivity index (χ4n) is 15.4. The Bertz CT molecular complexity index is 7380. The molecule has 108 heavy (non-hydrogen) atoms. The van der Waals surface area contributed by atoms with E-state index in [9.17, 15) is 0 Å². The monoisotopic (exact) mass is 1520 g/mol. The summed E-state index contributed by atoms with van der Waals surface area (Å²) in [6, 6.07) is 109. The van der Waals surface area contributed by atoms with E-state index >= 15 is 0 Å². The zero-order valence-electron chi connectivity index (χ0n) is 56.8. The van der Waals surface area contributed by atoms with Crippen molar-refractivity contribution in [2.75, 3.05) is 0 Å². The summed E-state index contributed by atoms with van der Waals surface area (Å²) in [6.45, 7) is 0. The largest absolute Gasteiger partial charge is 0.456 e. The van der Waals surface area contributed by atoms with Crippen molar-refractivity contribution in [1.82, 2.24) is 0 Å². The fourth-order valence-corrected chi connectivity index (χ4v) is 19.5. The van der Waals surface area contributed by atoms with Crippen LogP contribution >= 0.6 is 80.4 Å². The van der Waals surface area contributed by atoms with Crippen LogP contribution in [-0.4, -0.2) is 0 Å². The van der Waals surface area contributed by atoms with Crippen LogP contribution in [0.3, 0.4) is 0 Å².